The number of fused-ring (bicyclic) bond motifs is 1. The number of nitrogens with one attached hydrogen (secondary N) is 1. The van der Waals surface area contributed by atoms with Crippen molar-refractivity contribution in [3.63, 3.8) is 0 Å². The Balaban J connectivity index is 1.64. The summed E-state index contributed by atoms with van der Waals surface area (Å²) in [5.74, 6) is 1.25. The number of hydrogen-bond acceptors (Lipinski definition) is 6. The Morgan fingerprint density at radius 2 is 1.74 bits per heavy atom. The minimum atomic E-state index is 0.504. The highest BCUT2D eigenvalue weighted by atomic mass is 15.2. The van der Waals surface area contributed by atoms with Crippen LogP contribution in [0, 0.1) is 0 Å². The first-order valence-electron chi connectivity index (χ1n) is 8.68. The number of benzene rings is 2. The van der Waals surface area contributed by atoms with Crippen molar-refractivity contribution in [1.29, 1.82) is 0 Å². The van der Waals surface area contributed by atoms with E-state index in [2.05, 4.69) is 32.4 Å². The van der Waals surface area contributed by atoms with Gasteiger partial charge >= 0.3 is 0 Å². The van der Waals surface area contributed by atoms with Crippen LogP contribution in [0.25, 0.3) is 10.9 Å². The van der Waals surface area contributed by atoms with E-state index in [0.717, 1.165) is 16.6 Å². The second kappa shape index (κ2) is 7.29. The average Bonchev–Trinajstić information content (AvgIpc) is 2.70. The fourth-order valence-corrected chi connectivity index (χ4v) is 3.05. The van der Waals surface area contributed by atoms with Crippen LogP contribution in [-0.4, -0.2) is 22.0 Å². The van der Waals surface area contributed by atoms with Crippen molar-refractivity contribution in [3.8, 4) is 0 Å². The summed E-state index contributed by atoms with van der Waals surface area (Å²) in [5.41, 5.74) is 9.80. The Hall–Kier alpha value is -3.67. The molecule has 0 amide bonds. The molecule has 4 rings (SSSR count). The van der Waals surface area contributed by atoms with E-state index in [1.807, 2.05) is 60.5 Å². The van der Waals surface area contributed by atoms with Crippen LogP contribution in [0.3, 0.4) is 0 Å². The maximum Gasteiger partial charge on any atom is 0.159 e. The van der Waals surface area contributed by atoms with Crippen LogP contribution in [0.2, 0.25) is 0 Å². The number of para-hydroxylation sites is 1. The molecule has 2 aromatic carbocycles. The number of nitrogens with zero attached hydrogens (tertiary/aromatic N) is 4. The van der Waals surface area contributed by atoms with Gasteiger partial charge in [-0.3, -0.25) is 4.98 Å². The van der Waals surface area contributed by atoms with Gasteiger partial charge in [0.1, 0.15) is 12.0 Å². The third-order valence-electron chi connectivity index (χ3n) is 4.37. The van der Waals surface area contributed by atoms with Crippen LogP contribution in [0.4, 0.5) is 23.0 Å². The van der Waals surface area contributed by atoms with Gasteiger partial charge in [-0.05, 0) is 17.7 Å². The molecule has 4 aromatic rings. The molecule has 0 unspecified atom stereocenters. The molecule has 2 heterocycles. The summed E-state index contributed by atoms with van der Waals surface area (Å²) in [6, 6.07) is 20.1. The van der Waals surface area contributed by atoms with Crippen molar-refractivity contribution < 1.29 is 0 Å². The molecule has 27 heavy (non-hydrogen) atoms. The van der Waals surface area contributed by atoms with Gasteiger partial charge < -0.3 is 16.0 Å². The quantitative estimate of drug-likeness (QED) is 0.563. The van der Waals surface area contributed by atoms with E-state index < -0.39 is 0 Å². The lowest BCUT2D eigenvalue weighted by Gasteiger charge is -2.21. The zero-order valence-electron chi connectivity index (χ0n) is 15.0. The van der Waals surface area contributed by atoms with Crippen LogP contribution in [0.5, 0.6) is 0 Å². The summed E-state index contributed by atoms with van der Waals surface area (Å²) in [5, 5.41) is 4.36. The largest absolute Gasteiger partial charge is 0.393 e. The van der Waals surface area contributed by atoms with E-state index in [0.29, 0.717) is 23.9 Å². The SMILES string of the molecule is CN(Cc1ccccc1)c1ncnc(Nc2cccc3cccnc23)c1N. The van der Waals surface area contributed by atoms with Crippen molar-refractivity contribution in [2.24, 2.45) is 0 Å². The van der Waals surface area contributed by atoms with Crippen LogP contribution in [0.15, 0.2) is 73.2 Å². The van der Waals surface area contributed by atoms with E-state index in [1.165, 1.54) is 11.9 Å². The molecule has 134 valence electrons. The number of nitrogen functional groups attached to an aromatic ring is 1. The molecular formula is C21H20N6. The minimum absolute atomic E-state index is 0.504. The van der Waals surface area contributed by atoms with E-state index in [9.17, 15) is 0 Å². The summed E-state index contributed by atoms with van der Waals surface area (Å²) in [4.78, 5) is 15.2. The predicted octanol–water partition coefficient (Wildman–Crippen LogP) is 3.99. The predicted molar refractivity (Wildman–Crippen MR) is 110 cm³/mol. The van der Waals surface area contributed by atoms with Crippen LogP contribution in [-0.2, 0) is 6.54 Å². The highest BCUT2D eigenvalue weighted by molar-refractivity contribution is 5.93. The van der Waals surface area contributed by atoms with Gasteiger partial charge in [-0.15, -0.1) is 0 Å². The molecule has 0 radical (unpaired) electrons. The Labute approximate surface area is 157 Å². The summed E-state index contributed by atoms with van der Waals surface area (Å²) in [6.45, 7) is 0.706. The zero-order valence-corrected chi connectivity index (χ0v) is 15.0. The Morgan fingerprint density at radius 3 is 2.59 bits per heavy atom. The molecule has 3 N–H and O–H groups in total. The maximum absolute atomic E-state index is 6.38. The summed E-state index contributed by atoms with van der Waals surface area (Å²) < 4.78 is 0. The van der Waals surface area contributed by atoms with Crippen LogP contribution >= 0.6 is 0 Å². The standard InChI is InChI=1S/C21H20N6/c1-27(13-15-7-3-2-4-8-15)21-18(22)20(24-14-25-21)26-17-11-5-9-16-10-6-12-23-19(16)17/h2-12,14H,13,22H2,1H3,(H,24,25,26). The molecule has 0 saturated carbocycles. The molecular weight excluding hydrogens is 336 g/mol. The monoisotopic (exact) mass is 356 g/mol. The van der Waals surface area contributed by atoms with Gasteiger partial charge in [0.05, 0.1) is 11.2 Å². The van der Waals surface area contributed by atoms with Gasteiger partial charge in [0.2, 0.25) is 0 Å². The molecule has 0 aliphatic rings. The van der Waals surface area contributed by atoms with Crippen molar-refractivity contribution in [2.45, 2.75) is 6.54 Å². The van der Waals surface area contributed by atoms with Gasteiger partial charge in [0.15, 0.2) is 11.6 Å². The number of aromatic nitrogens is 3. The first kappa shape index (κ1) is 16.8. The molecule has 0 aliphatic heterocycles. The maximum atomic E-state index is 6.38. The number of hydrogen-bond donors (Lipinski definition) is 2. The summed E-state index contributed by atoms with van der Waals surface area (Å²) in [7, 11) is 1.97. The lowest BCUT2D eigenvalue weighted by atomic mass is 10.2. The van der Waals surface area contributed by atoms with Gasteiger partial charge in [0, 0.05) is 25.2 Å². The fraction of sp³-hybridized carbons (Fsp3) is 0.0952. The first-order chi connectivity index (χ1) is 13.2. The first-order valence-corrected chi connectivity index (χ1v) is 8.68. The average molecular weight is 356 g/mol. The highest BCUT2D eigenvalue weighted by Gasteiger charge is 2.13. The molecule has 6 nitrogen and oxygen atoms in total. The number of nitrogens with two attached hydrogens (primary N) is 1. The van der Waals surface area contributed by atoms with Crippen molar-refractivity contribution >= 4 is 33.9 Å². The van der Waals surface area contributed by atoms with Gasteiger partial charge in [0.25, 0.3) is 0 Å². The molecule has 2 aromatic heterocycles. The van der Waals surface area contributed by atoms with Gasteiger partial charge in [-0.25, -0.2) is 9.97 Å². The number of rotatable bonds is 5. The lowest BCUT2D eigenvalue weighted by Crippen LogP contribution is -2.20. The van der Waals surface area contributed by atoms with E-state index in [4.69, 9.17) is 5.73 Å². The topological polar surface area (TPSA) is 80.0 Å². The highest BCUT2D eigenvalue weighted by Crippen LogP contribution is 2.30. The summed E-state index contributed by atoms with van der Waals surface area (Å²) >= 11 is 0. The second-order valence-corrected chi connectivity index (χ2v) is 6.31. The van der Waals surface area contributed by atoms with Crippen molar-refractivity contribution in [3.05, 3.63) is 78.8 Å². The van der Waals surface area contributed by atoms with Crippen molar-refractivity contribution in [1.82, 2.24) is 15.0 Å². The number of pyridine rings is 1. The molecule has 0 saturated heterocycles. The third-order valence-corrected chi connectivity index (χ3v) is 4.37. The Bertz CT molecular complexity index is 1060. The molecule has 0 fully saturated rings. The molecule has 6 heteroatoms. The second-order valence-electron chi connectivity index (χ2n) is 6.31. The third kappa shape index (κ3) is 3.50. The smallest absolute Gasteiger partial charge is 0.159 e. The van der Waals surface area contributed by atoms with Crippen LogP contribution in [0.1, 0.15) is 5.56 Å². The van der Waals surface area contributed by atoms with Crippen LogP contribution < -0.4 is 16.0 Å². The van der Waals surface area contributed by atoms with Gasteiger partial charge in [-0.1, -0.05) is 48.5 Å². The lowest BCUT2D eigenvalue weighted by molar-refractivity contribution is 0.894. The van der Waals surface area contributed by atoms with E-state index >= 15 is 0 Å². The van der Waals surface area contributed by atoms with Crippen molar-refractivity contribution in [2.75, 3.05) is 23.0 Å². The van der Waals surface area contributed by atoms with E-state index in [-0.39, 0.29) is 0 Å². The summed E-state index contributed by atoms with van der Waals surface area (Å²) in [6.07, 6.45) is 3.30. The molecule has 0 atom stereocenters. The number of anilines is 4. The zero-order chi connectivity index (χ0) is 18.6. The molecule has 0 bridgehead atoms. The Morgan fingerprint density at radius 1 is 0.926 bits per heavy atom. The normalized spacial score (nSPS) is 10.7. The fourth-order valence-electron chi connectivity index (χ4n) is 3.05. The van der Waals surface area contributed by atoms with E-state index in [1.54, 1.807) is 6.20 Å². The van der Waals surface area contributed by atoms with Gasteiger partial charge in [-0.2, -0.15) is 0 Å². The Kier molecular flexibility index (Phi) is 4.53. The molecule has 0 spiro atoms. The molecule has 0 aliphatic carbocycles. The minimum Gasteiger partial charge on any atom is -0.393 e.